The van der Waals surface area contributed by atoms with Crippen LogP contribution in [-0.4, -0.2) is 52.7 Å². The van der Waals surface area contributed by atoms with Crippen molar-refractivity contribution in [2.24, 2.45) is 0 Å². The molecular weight excluding hydrogens is 258 g/mol. The van der Waals surface area contributed by atoms with Crippen LogP contribution in [0.5, 0.6) is 11.5 Å². The van der Waals surface area contributed by atoms with E-state index in [-0.39, 0.29) is 29.0 Å². The van der Waals surface area contributed by atoms with Gasteiger partial charge in [-0.1, -0.05) is 6.07 Å². The lowest BCUT2D eigenvalue weighted by Crippen LogP contribution is -2.49. The fourth-order valence-electron chi connectivity index (χ4n) is 1.94. The summed E-state index contributed by atoms with van der Waals surface area (Å²) in [6.07, 6.45) is 0. The van der Waals surface area contributed by atoms with Gasteiger partial charge in [-0.3, -0.25) is 4.79 Å². The number of alkyl halides is 1. The van der Waals surface area contributed by atoms with Crippen molar-refractivity contribution < 1.29 is 19.7 Å². The van der Waals surface area contributed by atoms with Crippen molar-refractivity contribution in [3.05, 3.63) is 23.8 Å². The Morgan fingerprint density at radius 1 is 1.44 bits per heavy atom. The molecule has 1 aliphatic heterocycles. The number of amides is 1. The van der Waals surface area contributed by atoms with Crippen LogP contribution in [0.1, 0.15) is 10.4 Å². The number of carbonyl (C=O) groups is 1. The zero-order chi connectivity index (χ0) is 13.1. The predicted molar refractivity (Wildman–Crippen MR) is 66.1 cm³/mol. The molecule has 1 fully saturated rings. The SMILES string of the molecule is O=C(c1c(O)cccc1O)N1CCOCC1CCl. The summed E-state index contributed by atoms with van der Waals surface area (Å²) >= 11 is 5.79. The van der Waals surface area contributed by atoms with E-state index >= 15 is 0 Å². The second-order valence-electron chi connectivity index (χ2n) is 4.05. The molecule has 1 atom stereocenters. The summed E-state index contributed by atoms with van der Waals surface area (Å²) in [5.74, 6) is -0.653. The molecule has 1 aliphatic rings. The van der Waals surface area contributed by atoms with Gasteiger partial charge in [-0.05, 0) is 12.1 Å². The van der Waals surface area contributed by atoms with Crippen molar-refractivity contribution in [1.82, 2.24) is 4.90 Å². The normalized spacial score (nSPS) is 19.8. The lowest BCUT2D eigenvalue weighted by molar-refractivity contribution is 0.00426. The number of carbonyl (C=O) groups excluding carboxylic acids is 1. The van der Waals surface area contributed by atoms with Crippen LogP contribution in [-0.2, 0) is 4.74 Å². The Morgan fingerprint density at radius 3 is 2.72 bits per heavy atom. The summed E-state index contributed by atoms with van der Waals surface area (Å²) in [5.41, 5.74) is -0.0884. The quantitative estimate of drug-likeness (QED) is 0.793. The third kappa shape index (κ3) is 2.37. The number of hydrogen-bond acceptors (Lipinski definition) is 4. The number of halogens is 1. The minimum absolute atomic E-state index is 0.0884. The van der Waals surface area contributed by atoms with Gasteiger partial charge in [0.25, 0.3) is 5.91 Å². The van der Waals surface area contributed by atoms with Crippen LogP contribution in [0.2, 0.25) is 0 Å². The molecule has 0 spiro atoms. The molecule has 18 heavy (non-hydrogen) atoms. The lowest BCUT2D eigenvalue weighted by Gasteiger charge is -2.34. The molecule has 0 bridgehead atoms. The third-order valence-corrected chi connectivity index (χ3v) is 3.26. The minimum atomic E-state index is -0.431. The van der Waals surface area contributed by atoms with Crippen LogP contribution in [0.4, 0.5) is 0 Å². The molecule has 5 nitrogen and oxygen atoms in total. The first-order chi connectivity index (χ1) is 8.65. The van der Waals surface area contributed by atoms with Crippen molar-refractivity contribution in [1.29, 1.82) is 0 Å². The van der Waals surface area contributed by atoms with Gasteiger partial charge in [0.15, 0.2) is 0 Å². The Hall–Kier alpha value is -1.46. The fraction of sp³-hybridized carbons (Fsp3) is 0.417. The van der Waals surface area contributed by atoms with E-state index in [0.717, 1.165) is 0 Å². The number of benzene rings is 1. The minimum Gasteiger partial charge on any atom is -0.507 e. The van der Waals surface area contributed by atoms with Crippen LogP contribution in [0.3, 0.4) is 0 Å². The molecule has 0 aliphatic carbocycles. The van der Waals surface area contributed by atoms with Crippen LogP contribution in [0, 0.1) is 0 Å². The zero-order valence-electron chi connectivity index (χ0n) is 9.67. The second kappa shape index (κ2) is 5.46. The highest BCUT2D eigenvalue weighted by Gasteiger charge is 2.30. The summed E-state index contributed by atoms with van der Waals surface area (Å²) in [4.78, 5) is 13.8. The highest BCUT2D eigenvalue weighted by molar-refractivity contribution is 6.18. The van der Waals surface area contributed by atoms with E-state index in [1.54, 1.807) is 0 Å². The summed E-state index contributed by atoms with van der Waals surface area (Å²) < 4.78 is 5.25. The van der Waals surface area contributed by atoms with Gasteiger partial charge in [0.2, 0.25) is 0 Å². The van der Waals surface area contributed by atoms with Crippen molar-refractivity contribution in [3.8, 4) is 11.5 Å². The number of phenols is 2. The molecule has 1 saturated heterocycles. The fourth-order valence-corrected chi connectivity index (χ4v) is 2.20. The first-order valence-corrected chi connectivity index (χ1v) is 6.14. The molecule has 1 unspecified atom stereocenters. The standard InChI is InChI=1S/C12H14ClNO4/c13-6-8-7-18-5-4-14(8)12(17)11-9(15)2-1-3-10(11)16/h1-3,8,15-16H,4-7H2. The maximum absolute atomic E-state index is 12.3. The average Bonchev–Trinajstić information content (AvgIpc) is 2.38. The van der Waals surface area contributed by atoms with Gasteiger partial charge in [0.1, 0.15) is 17.1 Å². The van der Waals surface area contributed by atoms with Gasteiger partial charge in [-0.2, -0.15) is 0 Å². The third-order valence-electron chi connectivity index (χ3n) is 2.90. The van der Waals surface area contributed by atoms with Gasteiger partial charge in [-0.25, -0.2) is 0 Å². The van der Waals surface area contributed by atoms with Gasteiger partial charge < -0.3 is 19.8 Å². The van der Waals surface area contributed by atoms with E-state index in [0.29, 0.717) is 19.8 Å². The predicted octanol–water partition coefficient (Wildman–Crippen LogP) is 1.18. The number of hydrogen-bond donors (Lipinski definition) is 2. The number of phenolic OH excluding ortho intramolecular Hbond substituents is 2. The van der Waals surface area contributed by atoms with Gasteiger partial charge in [-0.15, -0.1) is 11.6 Å². The van der Waals surface area contributed by atoms with E-state index in [1.807, 2.05) is 0 Å². The Balaban J connectivity index is 2.30. The first-order valence-electron chi connectivity index (χ1n) is 5.60. The van der Waals surface area contributed by atoms with E-state index in [1.165, 1.54) is 23.1 Å². The monoisotopic (exact) mass is 271 g/mol. The van der Waals surface area contributed by atoms with Crippen molar-refractivity contribution >= 4 is 17.5 Å². The maximum Gasteiger partial charge on any atom is 0.261 e. The molecule has 0 aromatic heterocycles. The van der Waals surface area contributed by atoms with Crippen molar-refractivity contribution in [2.75, 3.05) is 25.6 Å². The number of ether oxygens (including phenoxy) is 1. The van der Waals surface area contributed by atoms with Crippen LogP contribution in [0.15, 0.2) is 18.2 Å². The number of morpholine rings is 1. The molecule has 1 aromatic carbocycles. The van der Waals surface area contributed by atoms with Crippen molar-refractivity contribution in [2.45, 2.75) is 6.04 Å². The zero-order valence-corrected chi connectivity index (χ0v) is 10.4. The van der Waals surface area contributed by atoms with Gasteiger partial charge in [0, 0.05) is 12.4 Å². The van der Waals surface area contributed by atoms with Gasteiger partial charge in [0.05, 0.1) is 19.3 Å². The molecule has 1 amide bonds. The Morgan fingerprint density at radius 2 is 2.11 bits per heavy atom. The molecule has 2 rings (SSSR count). The van der Waals surface area contributed by atoms with E-state index < -0.39 is 5.91 Å². The van der Waals surface area contributed by atoms with Crippen LogP contribution >= 0.6 is 11.6 Å². The molecule has 2 N–H and O–H groups in total. The highest BCUT2D eigenvalue weighted by atomic mass is 35.5. The van der Waals surface area contributed by atoms with Crippen molar-refractivity contribution in [3.63, 3.8) is 0 Å². The molecule has 0 radical (unpaired) electrons. The van der Waals surface area contributed by atoms with E-state index in [9.17, 15) is 15.0 Å². The Bertz CT molecular complexity index is 431. The Kier molecular flexibility index (Phi) is 3.93. The summed E-state index contributed by atoms with van der Waals surface area (Å²) in [6, 6.07) is 3.96. The van der Waals surface area contributed by atoms with E-state index in [2.05, 4.69) is 0 Å². The second-order valence-corrected chi connectivity index (χ2v) is 4.36. The lowest BCUT2D eigenvalue weighted by atomic mass is 10.1. The number of aromatic hydroxyl groups is 2. The van der Waals surface area contributed by atoms with Crippen LogP contribution in [0.25, 0.3) is 0 Å². The topological polar surface area (TPSA) is 70.0 Å². The molecule has 6 heteroatoms. The molecule has 98 valence electrons. The average molecular weight is 272 g/mol. The van der Waals surface area contributed by atoms with Crippen LogP contribution < -0.4 is 0 Å². The summed E-state index contributed by atoms with van der Waals surface area (Å²) in [5, 5.41) is 19.4. The van der Waals surface area contributed by atoms with Gasteiger partial charge >= 0.3 is 0 Å². The number of nitrogens with zero attached hydrogens (tertiary/aromatic N) is 1. The smallest absolute Gasteiger partial charge is 0.261 e. The first kappa shape index (κ1) is 13.0. The largest absolute Gasteiger partial charge is 0.507 e. The number of rotatable bonds is 2. The maximum atomic E-state index is 12.3. The molecule has 0 saturated carbocycles. The molecule has 1 heterocycles. The summed E-state index contributed by atoms with van der Waals surface area (Å²) in [7, 11) is 0. The summed E-state index contributed by atoms with van der Waals surface area (Å²) in [6.45, 7) is 1.18. The molecular formula is C12H14ClNO4. The highest BCUT2D eigenvalue weighted by Crippen LogP contribution is 2.28. The van der Waals surface area contributed by atoms with E-state index in [4.69, 9.17) is 16.3 Å². The Labute approximate surface area is 110 Å². The molecule has 1 aromatic rings.